The average Bonchev–Trinajstić information content (AvgIpc) is 3.50. The number of aliphatic hydroxyl groups excluding tert-OH is 1. The molecule has 9 unspecified atom stereocenters. The Morgan fingerprint density at radius 2 is 1.55 bits per heavy atom. The minimum Gasteiger partial charge on any atom is -0.396 e. The Bertz CT molecular complexity index is 1420. The third-order valence-corrected chi connectivity index (χ3v) is 16.3. The molecule has 0 saturated heterocycles. The lowest BCUT2D eigenvalue weighted by molar-refractivity contribution is -0.216. The maximum absolute atomic E-state index is 13.4. The van der Waals surface area contributed by atoms with Crippen LogP contribution in [0.5, 0.6) is 0 Å². The summed E-state index contributed by atoms with van der Waals surface area (Å²) in [5.74, 6) is 3.95. The van der Waals surface area contributed by atoms with Gasteiger partial charge in [0.2, 0.25) is 0 Å². The Kier molecular flexibility index (Phi) is 9.86. The number of aryl methyl sites for hydroxylation is 1. The summed E-state index contributed by atoms with van der Waals surface area (Å²) < 4.78 is 0. The molecule has 1 aromatic rings. The fourth-order valence-corrected chi connectivity index (χ4v) is 13.2. The van der Waals surface area contributed by atoms with Gasteiger partial charge in [0, 0.05) is 24.1 Å². The summed E-state index contributed by atoms with van der Waals surface area (Å²) in [5.41, 5.74) is 5.40. The van der Waals surface area contributed by atoms with E-state index in [0.29, 0.717) is 34.0 Å². The molecule has 10 atom stereocenters. The zero-order valence-electron chi connectivity index (χ0n) is 31.3. The first-order chi connectivity index (χ1) is 22.8. The number of carbonyl (C=O) groups excluding carboxylic acids is 1. The van der Waals surface area contributed by atoms with Crippen molar-refractivity contribution < 1.29 is 9.90 Å². The summed E-state index contributed by atoms with van der Waals surface area (Å²) in [4.78, 5) is 13.4. The Balaban J connectivity index is 0.000000778. The molecule has 0 radical (unpaired) electrons. The molecular weight excluding hydrogens is 601 g/mol. The van der Waals surface area contributed by atoms with Gasteiger partial charge in [-0.1, -0.05) is 116 Å². The molecule has 0 bridgehead atoms. The van der Waals surface area contributed by atoms with Crippen LogP contribution in [0.2, 0.25) is 0 Å². The molecular formula is C45H70N2O2. The second-order valence-electron chi connectivity index (χ2n) is 19.2. The van der Waals surface area contributed by atoms with Gasteiger partial charge in [0.15, 0.2) is 0 Å². The van der Waals surface area contributed by atoms with Gasteiger partial charge in [0.25, 0.3) is 0 Å². The fraction of sp³-hybridized carbons (Fsp3) is 0.756. The molecule has 8 rings (SSSR count). The van der Waals surface area contributed by atoms with Crippen molar-refractivity contribution in [1.82, 2.24) is 10.6 Å². The first-order valence-corrected chi connectivity index (χ1v) is 19.9. The number of fused-ring (bicyclic) bond motifs is 7. The first kappa shape index (κ1) is 36.7. The van der Waals surface area contributed by atoms with Crippen molar-refractivity contribution in [1.29, 1.82) is 0 Å². The van der Waals surface area contributed by atoms with E-state index in [4.69, 9.17) is 0 Å². The van der Waals surface area contributed by atoms with Crippen LogP contribution in [0.3, 0.4) is 0 Å². The largest absolute Gasteiger partial charge is 0.396 e. The number of hydrogen-bond acceptors (Lipinski definition) is 2. The van der Waals surface area contributed by atoms with E-state index in [2.05, 4.69) is 102 Å². The predicted octanol–water partition coefficient (Wildman–Crippen LogP) is 10.9. The Morgan fingerprint density at radius 3 is 2.20 bits per heavy atom. The summed E-state index contributed by atoms with van der Waals surface area (Å²) >= 11 is 0. The molecule has 4 nitrogen and oxygen atoms in total. The maximum Gasteiger partial charge on any atom is 0.315 e. The molecule has 272 valence electrons. The quantitative estimate of drug-likeness (QED) is 0.279. The highest BCUT2D eigenvalue weighted by molar-refractivity contribution is 5.76. The monoisotopic (exact) mass is 671 g/mol. The molecule has 5 fully saturated rings. The van der Waals surface area contributed by atoms with Gasteiger partial charge in [-0.2, -0.15) is 0 Å². The summed E-state index contributed by atoms with van der Waals surface area (Å²) in [6.45, 7) is 17.8. The van der Waals surface area contributed by atoms with Gasteiger partial charge in [-0.3, -0.25) is 0 Å². The second kappa shape index (κ2) is 13.2. The minimum absolute atomic E-state index is 0. The predicted molar refractivity (Wildman–Crippen MR) is 205 cm³/mol. The number of hydrogen-bond donors (Lipinski definition) is 3. The zero-order valence-corrected chi connectivity index (χ0v) is 31.3. The van der Waals surface area contributed by atoms with Crippen LogP contribution < -0.4 is 10.6 Å². The third kappa shape index (κ3) is 6.06. The van der Waals surface area contributed by atoms with Crippen molar-refractivity contribution >= 4 is 11.6 Å². The van der Waals surface area contributed by atoms with E-state index in [0.717, 1.165) is 31.1 Å². The van der Waals surface area contributed by atoms with E-state index in [1.807, 2.05) is 0 Å². The lowest BCUT2D eigenvalue weighted by atomic mass is 9.33. The molecule has 49 heavy (non-hydrogen) atoms. The normalized spacial score (nSPS) is 42.9. The average molecular weight is 671 g/mol. The highest BCUT2D eigenvalue weighted by atomic mass is 16.3. The van der Waals surface area contributed by atoms with E-state index in [-0.39, 0.29) is 43.0 Å². The van der Waals surface area contributed by atoms with Crippen molar-refractivity contribution in [2.24, 2.45) is 57.2 Å². The van der Waals surface area contributed by atoms with E-state index < -0.39 is 0 Å². The summed E-state index contributed by atoms with van der Waals surface area (Å²) in [5, 5.41) is 16.4. The Labute approximate surface area is 299 Å². The van der Waals surface area contributed by atoms with E-state index in [1.54, 1.807) is 5.57 Å². The SMILES string of the molecule is C.CC1CC1.Cc1ccc(C2=CCC3(C)C(CCC4(C)C3CCC3C5CCCC5(NC(=O)NC5C=CC(CO)C5)CC[C@]34C)C2(C)C)cc1. The van der Waals surface area contributed by atoms with Gasteiger partial charge < -0.3 is 15.7 Å². The van der Waals surface area contributed by atoms with Crippen LogP contribution in [0.25, 0.3) is 5.57 Å². The van der Waals surface area contributed by atoms with Gasteiger partial charge in [-0.05, 0) is 134 Å². The van der Waals surface area contributed by atoms with Gasteiger partial charge in [0.1, 0.15) is 0 Å². The highest BCUT2D eigenvalue weighted by Gasteiger charge is 2.69. The number of benzene rings is 1. The lowest BCUT2D eigenvalue weighted by Crippen LogP contribution is -2.68. The van der Waals surface area contributed by atoms with Crippen LogP contribution in [-0.2, 0) is 0 Å². The van der Waals surface area contributed by atoms with Crippen LogP contribution in [0.15, 0.2) is 42.5 Å². The number of nitrogens with one attached hydrogen (secondary N) is 2. The van der Waals surface area contributed by atoms with Crippen LogP contribution in [0.4, 0.5) is 4.79 Å². The Hall–Kier alpha value is -2.07. The fourth-order valence-electron chi connectivity index (χ4n) is 13.2. The van der Waals surface area contributed by atoms with Crippen molar-refractivity contribution in [2.45, 2.75) is 151 Å². The molecule has 4 heteroatoms. The highest BCUT2D eigenvalue weighted by Crippen LogP contribution is 2.76. The molecule has 5 saturated carbocycles. The van der Waals surface area contributed by atoms with Gasteiger partial charge in [0.05, 0.1) is 0 Å². The van der Waals surface area contributed by atoms with Crippen molar-refractivity contribution in [3.05, 3.63) is 53.6 Å². The maximum atomic E-state index is 13.4. The molecule has 0 aromatic heterocycles. The lowest BCUT2D eigenvalue weighted by Gasteiger charge is -2.72. The molecule has 2 amide bonds. The smallest absolute Gasteiger partial charge is 0.315 e. The molecule has 0 spiro atoms. The van der Waals surface area contributed by atoms with E-state index >= 15 is 0 Å². The molecule has 0 aliphatic heterocycles. The van der Waals surface area contributed by atoms with Crippen molar-refractivity contribution in [2.75, 3.05) is 6.61 Å². The number of aliphatic hydroxyl groups is 1. The Morgan fingerprint density at radius 1 is 0.837 bits per heavy atom. The zero-order chi connectivity index (χ0) is 34.1. The van der Waals surface area contributed by atoms with Crippen LogP contribution in [0.1, 0.15) is 144 Å². The number of amides is 2. The molecule has 1 aromatic carbocycles. The molecule has 0 heterocycles. The number of rotatable bonds is 4. The number of allylic oxidation sites excluding steroid dienone is 2. The van der Waals surface area contributed by atoms with Crippen molar-refractivity contribution in [3.63, 3.8) is 0 Å². The summed E-state index contributed by atoms with van der Waals surface area (Å²) in [6.07, 6.45) is 23.0. The van der Waals surface area contributed by atoms with Gasteiger partial charge in [-0.15, -0.1) is 0 Å². The van der Waals surface area contributed by atoms with Crippen LogP contribution in [0, 0.1) is 64.1 Å². The number of carbonyl (C=O) groups is 1. The third-order valence-electron chi connectivity index (χ3n) is 16.3. The van der Waals surface area contributed by atoms with E-state index in [1.165, 1.54) is 75.3 Å². The first-order valence-electron chi connectivity index (χ1n) is 19.9. The van der Waals surface area contributed by atoms with Gasteiger partial charge >= 0.3 is 6.03 Å². The second-order valence-corrected chi connectivity index (χ2v) is 19.2. The molecule has 7 aliphatic rings. The standard InChI is InChI=1S/C40H58N2O2.C4H8.CH4/c1-26-9-12-28(13-10-26)30-17-20-37(4)33(36(30,2)3)18-21-39(6)34(37)16-15-31-32-8-7-19-40(32,23-22-38(31,39)5)42-35(44)41-29-14-11-27(24-29)25-43;1-4-2-3-4;/h9-14,17,27,29,31-34,43H,7-8,15-16,18-25H2,1-6H3,(H2,41,42,44);4H,2-3H2,1H3;1H4/t27?,29?,31?,32?,33?,34?,37?,38-,39?,40?;;/m1../s1. The topological polar surface area (TPSA) is 61.4 Å². The van der Waals surface area contributed by atoms with E-state index in [9.17, 15) is 9.90 Å². The number of urea groups is 1. The summed E-state index contributed by atoms with van der Waals surface area (Å²) in [6, 6.07) is 9.30. The minimum atomic E-state index is -0.0598. The molecule has 7 aliphatic carbocycles. The molecule has 3 N–H and O–H groups in total. The van der Waals surface area contributed by atoms with Gasteiger partial charge in [-0.25, -0.2) is 4.79 Å². The van der Waals surface area contributed by atoms with Crippen LogP contribution >= 0.6 is 0 Å². The summed E-state index contributed by atoms with van der Waals surface area (Å²) in [7, 11) is 0. The van der Waals surface area contributed by atoms with Crippen molar-refractivity contribution in [3.8, 4) is 0 Å². The van der Waals surface area contributed by atoms with Crippen LogP contribution in [-0.4, -0.2) is 29.3 Å².